The average molecular weight is 331 g/mol. The van der Waals surface area contributed by atoms with Gasteiger partial charge in [-0.2, -0.15) is 5.26 Å². The molecule has 0 unspecified atom stereocenters. The normalized spacial score (nSPS) is 10.1. The first-order valence-corrected chi connectivity index (χ1v) is 7.40. The Morgan fingerprint density at radius 1 is 1.35 bits per heavy atom. The van der Waals surface area contributed by atoms with E-state index in [9.17, 15) is 9.59 Å². The first kappa shape index (κ1) is 16.8. The minimum atomic E-state index is -0.576. The van der Waals surface area contributed by atoms with Crippen molar-refractivity contribution in [3.05, 3.63) is 68.6 Å². The van der Waals surface area contributed by atoms with Crippen LogP contribution in [0.4, 0.5) is 0 Å². The van der Waals surface area contributed by atoms with Crippen LogP contribution in [0.2, 0.25) is 5.02 Å². The summed E-state index contributed by atoms with van der Waals surface area (Å²) < 4.78 is 6.02. The quantitative estimate of drug-likeness (QED) is 0.790. The van der Waals surface area contributed by atoms with Gasteiger partial charge in [0, 0.05) is 17.8 Å². The molecule has 5 nitrogen and oxygen atoms in total. The van der Waals surface area contributed by atoms with Gasteiger partial charge in [0.05, 0.1) is 12.7 Å². The maximum atomic E-state index is 12.1. The minimum Gasteiger partial charge on any atom is -0.465 e. The molecule has 0 spiro atoms. The fraction of sp³-hybridized carbons (Fsp3) is 0.235. The van der Waals surface area contributed by atoms with Gasteiger partial charge in [0.2, 0.25) is 0 Å². The second kappa shape index (κ2) is 7.61. The third-order valence-corrected chi connectivity index (χ3v) is 3.66. The number of carbonyl (C=O) groups is 1. The standard InChI is InChI=1S/C17H15ClN2O3/c1-23-17(22)14-9-13(10-19)16(21)20(11-14)8-2-3-12-4-6-15(18)7-5-12/h4-7,9,11H,2-3,8H2,1H3. The molecule has 0 atom stereocenters. The predicted molar refractivity (Wildman–Crippen MR) is 86.5 cm³/mol. The van der Waals surface area contributed by atoms with Gasteiger partial charge < -0.3 is 9.30 Å². The summed E-state index contributed by atoms with van der Waals surface area (Å²) in [5.74, 6) is -0.576. The molecule has 6 heteroatoms. The number of pyridine rings is 1. The van der Waals surface area contributed by atoms with Gasteiger partial charge in [0.15, 0.2) is 0 Å². The van der Waals surface area contributed by atoms with Crippen LogP contribution >= 0.6 is 11.6 Å². The second-order valence-corrected chi connectivity index (χ2v) is 5.41. The number of hydrogen-bond donors (Lipinski definition) is 0. The Morgan fingerprint density at radius 2 is 2.04 bits per heavy atom. The first-order chi connectivity index (χ1) is 11.0. The molecule has 2 aromatic rings. The molecule has 0 aliphatic carbocycles. The zero-order valence-corrected chi connectivity index (χ0v) is 13.3. The molecule has 0 bridgehead atoms. The number of ether oxygens (including phenoxy) is 1. The van der Waals surface area contributed by atoms with Crippen molar-refractivity contribution in [1.29, 1.82) is 5.26 Å². The van der Waals surface area contributed by atoms with Crippen molar-refractivity contribution >= 4 is 17.6 Å². The highest BCUT2D eigenvalue weighted by atomic mass is 35.5. The van der Waals surface area contributed by atoms with Crippen LogP contribution in [0.25, 0.3) is 0 Å². The van der Waals surface area contributed by atoms with Crippen LogP contribution in [0.15, 0.2) is 41.3 Å². The molecular formula is C17H15ClN2O3. The van der Waals surface area contributed by atoms with Crippen molar-refractivity contribution in [1.82, 2.24) is 4.57 Å². The molecule has 1 aromatic carbocycles. The van der Waals surface area contributed by atoms with Crippen LogP contribution in [-0.4, -0.2) is 17.6 Å². The van der Waals surface area contributed by atoms with Crippen molar-refractivity contribution in [3.63, 3.8) is 0 Å². The molecule has 1 aromatic heterocycles. The number of nitrogens with zero attached hydrogens (tertiary/aromatic N) is 2. The Morgan fingerprint density at radius 3 is 2.65 bits per heavy atom. The first-order valence-electron chi connectivity index (χ1n) is 7.02. The molecule has 0 amide bonds. The summed E-state index contributed by atoms with van der Waals surface area (Å²) in [5.41, 5.74) is 0.817. The third-order valence-electron chi connectivity index (χ3n) is 3.41. The molecule has 0 saturated heterocycles. The van der Waals surface area contributed by atoms with Crippen molar-refractivity contribution < 1.29 is 9.53 Å². The Balaban J connectivity index is 2.15. The maximum absolute atomic E-state index is 12.1. The number of esters is 1. The molecule has 0 saturated carbocycles. The van der Waals surface area contributed by atoms with E-state index in [2.05, 4.69) is 4.74 Å². The van der Waals surface area contributed by atoms with Crippen molar-refractivity contribution in [2.24, 2.45) is 0 Å². The maximum Gasteiger partial charge on any atom is 0.339 e. The van der Waals surface area contributed by atoms with Gasteiger partial charge in [-0.15, -0.1) is 0 Å². The summed E-state index contributed by atoms with van der Waals surface area (Å²) >= 11 is 5.84. The van der Waals surface area contributed by atoms with E-state index in [0.29, 0.717) is 18.0 Å². The number of methoxy groups -OCH3 is 1. The molecule has 0 fully saturated rings. The van der Waals surface area contributed by atoms with Crippen LogP contribution in [0, 0.1) is 11.3 Å². The highest BCUT2D eigenvalue weighted by Gasteiger charge is 2.12. The summed E-state index contributed by atoms with van der Waals surface area (Å²) in [6.45, 7) is 0.404. The van der Waals surface area contributed by atoms with Crippen molar-refractivity contribution in [2.75, 3.05) is 7.11 Å². The summed E-state index contributed by atoms with van der Waals surface area (Å²) in [7, 11) is 1.25. The lowest BCUT2D eigenvalue weighted by molar-refractivity contribution is 0.0599. The Kier molecular flexibility index (Phi) is 5.56. The van der Waals surface area contributed by atoms with Crippen LogP contribution in [0.5, 0.6) is 0 Å². The minimum absolute atomic E-state index is 0.0700. The van der Waals surface area contributed by atoms with E-state index >= 15 is 0 Å². The summed E-state index contributed by atoms with van der Waals surface area (Å²) in [5, 5.41) is 9.70. The van der Waals surface area contributed by atoms with Crippen LogP contribution in [0.1, 0.15) is 27.9 Å². The predicted octanol–water partition coefficient (Wildman–Crippen LogP) is 2.79. The number of nitriles is 1. The number of benzene rings is 1. The van der Waals surface area contributed by atoms with E-state index in [1.54, 1.807) is 0 Å². The topological polar surface area (TPSA) is 72.1 Å². The molecule has 1 heterocycles. The molecule has 0 aliphatic rings. The van der Waals surface area contributed by atoms with Gasteiger partial charge in [0.1, 0.15) is 11.6 Å². The number of hydrogen-bond acceptors (Lipinski definition) is 4. The van der Waals surface area contributed by atoms with E-state index in [-0.39, 0.29) is 11.1 Å². The average Bonchev–Trinajstić information content (AvgIpc) is 2.57. The lowest BCUT2D eigenvalue weighted by Gasteiger charge is -2.09. The Labute approximate surface area is 138 Å². The van der Waals surface area contributed by atoms with Crippen LogP contribution < -0.4 is 5.56 Å². The molecule has 118 valence electrons. The summed E-state index contributed by atoms with van der Waals surface area (Å²) in [6, 6.07) is 10.6. The van der Waals surface area contributed by atoms with Gasteiger partial charge in [0.25, 0.3) is 5.56 Å². The van der Waals surface area contributed by atoms with Gasteiger partial charge in [-0.25, -0.2) is 4.79 Å². The number of rotatable bonds is 5. The second-order valence-electron chi connectivity index (χ2n) is 4.97. The number of halogens is 1. The third kappa shape index (κ3) is 4.21. The van der Waals surface area contributed by atoms with E-state index in [1.807, 2.05) is 30.3 Å². The van der Waals surface area contributed by atoms with E-state index in [4.69, 9.17) is 16.9 Å². The highest BCUT2D eigenvalue weighted by Crippen LogP contribution is 2.11. The summed E-state index contributed by atoms with van der Waals surface area (Å²) in [6.07, 6.45) is 2.88. The SMILES string of the molecule is COC(=O)c1cc(C#N)c(=O)n(CCCc2ccc(Cl)cc2)c1. The number of aryl methyl sites for hydroxylation is 2. The van der Waals surface area contributed by atoms with Gasteiger partial charge in [-0.05, 0) is 36.6 Å². The summed E-state index contributed by atoms with van der Waals surface area (Å²) in [4.78, 5) is 23.7. The molecule has 2 rings (SSSR count). The zero-order chi connectivity index (χ0) is 16.8. The van der Waals surface area contributed by atoms with E-state index in [1.165, 1.54) is 23.9 Å². The van der Waals surface area contributed by atoms with E-state index < -0.39 is 11.5 Å². The van der Waals surface area contributed by atoms with Crippen molar-refractivity contribution in [2.45, 2.75) is 19.4 Å². The Hall–Kier alpha value is -2.58. The fourth-order valence-electron chi connectivity index (χ4n) is 2.22. The smallest absolute Gasteiger partial charge is 0.339 e. The highest BCUT2D eigenvalue weighted by molar-refractivity contribution is 6.30. The Bertz CT molecular complexity index is 804. The lowest BCUT2D eigenvalue weighted by Crippen LogP contribution is -2.24. The number of carbonyl (C=O) groups excluding carboxylic acids is 1. The zero-order valence-electron chi connectivity index (χ0n) is 12.6. The fourth-order valence-corrected chi connectivity index (χ4v) is 2.34. The molecule has 0 radical (unpaired) electrons. The van der Waals surface area contributed by atoms with Crippen LogP contribution in [-0.2, 0) is 17.7 Å². The van der Waals surface area contributed by atoms with Gasteiger partial charge in [-0.1, -0.05) is 23.7 Å². The molecule has 23 heavy (non-hydrogen) atoms. The lowest BCUT2D eigenvalue weighted by atomic mass is 10.1. The van der Waals surface area contributed by atoms with Crippen LogP contribution in [0.3, 0.4) is 0 Å². The van der Waals surface area contributed by atoms with Crippen molar-refractivity contribution in [3.8, 4) is 6.07 Å². The largest absolute Gasteiger partial charge is 0.465 e. The molecular weight excluding hydrogens is 316 g/mol. The van der Waals surface area contributed by atoms with Gasteiger partial charge >= 0.3 is 5.97 Å². The van der Waals surface area contributed by atoms with Gasteiger partial charge in [-0.3, -0.25) is 4.79 Å². The van der Waals surface area contributed by atoms with E-state index in [0.717, 1.165) is 12.0 Å². The monoisotopic (exact) mass is 330 g/mol. The molecule has 0 N–H and O–H groups in total. The molecule has 0 aliphatic heterocycles. The number of aromatic nitrogens is 1.